The van der Waals surface area contributed by atoms with Gasteiger partial charge in [0.2, 0.25) is 0 Å². The molecule has 4 rings (SSSR count). The number of nitrogens with one attached hydrogen (secondary N) is 1. The molecule has 1 saturated carbocycles. The van der Waals surface area contributed by atoms with Crippen molar-refractivity contribution < 1.29 is 4.74 Å². The third-order valence-corrected chi connectivity index (χ3v) is 4.83. The highest BCUT2D eigenvalue weighted by molar-refractivity contribution is 5.60. The molecule has 2 heterocycles. The zero-order valence-corrected chi connectivity index (χ0v) is 13.5. The summed E-state index contributed by atoms with van der Waals surface area (Å²) >= 11 is 0. The smallest absolute Gasteiger partial charge is 0.163 e. The van der Waals surface area contributed by atoms with E-state index in [1.165, 1.54) is 17.7 Å². The molecule has 0 atom stereocenters. The standard InChI is InChI=1S/C18H22N4O/c1-23-11-12-8-14(9-12)20-18-15-5-2-6-16(15)21-17(22-18)13-4-3-7-19-10-13/h3-4,7,10,12,14H,2,5-6,8-9,11H2,1H3,(H,20,21,22). The molecule has 0 aliphatic heterocycles. The summed E-state index contributed by atoms with van der Waals surface area (Å²) in [6, 6.07) is 4.46. The van der Waals surface area contributed by atoms with Gasteiger partial charge in [0.05, 0.1) is 0 Å². The first-order chi connectivity index (χ1) is 11.3. The molecule has 5 heteroatoms. The topological polar surface area (TPSA) is 59.9 Å². The zero-order chi connectivity index (χ0) is 15.6. The van der Waals surface area contributed by atoms with Crippen LogP contribution in [-0.2, 0) is 17.6 Å². The summed E-state index contributed by atoms with van der Waals surface area (Å²) in [6.45, 7) is 0.862. The minimum atomic E-state index is 0.511. The number of aromatic nitrogens is 3. The Morgan fingerprint density at radius 3 is 2.96 bits per heavy atom. The van der Waals surface area contributed by atoms with Crippen molar-refractivity contribution >= 4 is 5.82 Å². The molecule has 0 bridgehead atoms. The average Bonchev–Trinajstić information content (AvgIpc) is 3.02. The first-order valence-electron chi connectivity index (χ1n) is 8.39. The molecule has 120 valence electrons. The van der Waals surface area contributed by atoms with Crippen molar-refractivity contribution in [1.82, 2.24) is 15.0 Å². The second-order valence-electron chi connectivity index (χ2n) is 6.55. The zero-order valence-electron chi connectivity index (χ0n) is 13.5. The Balaban J connectivity index is 1.58. The summed E-state index contributed by atoms with van der Waals surface area (Å²) in [5, 5.41) is 3.65. The number of pyridine rings is 1. The average molecular weight is 310 g/mol. The van der Waals surface area contributed by atoms with E-state index in [0.29, 0.717) is 12.0 Å². The number of aryl methyl sites for hydroxylation is 1. The molecule has 0 saturated heterocycles. The number of ether oxygens (including phenoxy) is 1. The van der Waals surface area contributed by atoms with E-state index in [4.69, 9.17) is 14.7 Å². The summed E-state index contributed by atoms with van der Waals surface area (Å²) < 4.78 is 5.23. The monoisotopic (exact) mass is 310 g/mol. The lowest BCUT2D eigenvalue weighted by molar-refractivity contribution is 0.104. The summed E-state index contributed by atoms with van der Waals surface area (Å²) in [5.41, 5.74) is 3.50. The fourth-order valence-electron chi connectivity index (χ4n) is 3.59. The van der Waals surface area contributed by atoms with Crippen molar-refractivity contribution in [2.75, 3.05) is 19.0 Å². The molecule has 23 heavy (non-hydrogen) atoms. The van der Waals surface area contributed by atoms with Crippen LogP contribution in [0.15, 0.2) is 24.5 Å². The maximum Gasteiger partial charge on any atom is 0.163 e. The Hall–Kier alpha value is -2.01. The van der Waals surface area contributed by atoms with Crippen LogP contribution in [0.2, 0.25) is 0 Å². The van der Waals surface area contributed by atoms with E-state index in [0.717, 1.165) is 49.5 Å². The van der Waals surface area contributed by atoms with Crippen LogP contribution in [0, 0.1) is 5.92 Å². The molecular formula is C18H22N4O. The Morgan fingerprint density at radius 1 is 1.26 bits per heavy atom. The minimum absolute atomic E-state index is 0.511. The largest absolute Gasteiger partial charge is 0.384 e. The predicted octanol–water partition coefficient (Wildman–Crippen LogP) is 2.86. The van der Waals surface area contributed by atoms with Crippen LogP contribution in [0.4, 0.5) is 5.82 Å². The van der Waals surface area contributed by atoms with Crippen LogP contribution in [0.5, 0.6) is 0 Å². The second kappa shape index (κ2) is 6.24. The lowest BCUT2D eigenvalue weighted by atomic mass is 9.81. The van der Waals surface area contributed by atoms with E-state index < -0.39 is 0 Å². The van der Waals surface area contributed by atoms with Gasteiger partial charge in [0.15, 0.2) is 5.82 Å². The summed E-state index contributed by atoms with van der Waals surface area (Å²) in [7, 11) is 1.78. The number of anilines is 1. The first kappa shape index (κ1) is 14.6. The van der Waals surface area contributed by atoms with Crippen LogP contribution < -0.4 is 5.32 Å². The molecule has 1 N–H and O–H groups in total. The Labute approximate surface area is 136 Å². The van der Waals surface area contributed by atoms with Crippen LogP contribution in [0.3, 0.4) is 0 Å². The van der Waals surface area contributed by atoms with Gasteiger partial charge in [0.25, 0.3) is 0 Å². The van der Waals surface area contributed by atoms with Gasteiger partial charge < -0.3 is 10.1 Å². The maximum absolute atomic E-state index is 5.23. The van der Waals surface area contributed by atoms with Crippen molar-refractivity contribution in [2.24, 2.45) is 5.92 Å². The molecule has 0 radical (unpaired) electrons. The summed E-state index contributed by atoms with van der Waals surface area (Å²) in [4.78, 5) is 13.8. The number of methoxy groups -OCH3 is 1. The van der Waals surface area contributed by atoms with E-state index in [2.05, 4.69) is 10.3 Å². The van der Waals surface area contributed by atoms with Crippen molar-refractivity contribution in [1.29, 1.82) is 0 Å². The highest BCUT2D eigenvalue weighted by Gasteiger charge is 2.30. The SMILES string of the molecule is COCC1CC(Nc2nc(-c3cccnc3)nc3c2CCC3)C1. The number of hydrogen-bond donors (Lipinski definition) is 1. The third kappa shape index (κ3) is 2.93. The number of hydrogen-bond acceptors (Lipinski definition) is 5. The van der Waals surface area contributed by atoms with Gasteiger partial charge in [-0.05, 0) is 50.2 Å². The van der Waals surface area contributed by atoms with Crippen molar-refractivity contribution in [3.05, 3.63) is 35.8 Å². The van der Waals surface area contributed by atoms with Crippen molar-refractivity contribution in [3.8, 4) is 11.4 Å². The predicted molar refractivity (Wildman–Crippen MR) is 89.3 cm³/mol. The van der Waals surface area contributed by atoms with Crippen LogP contribution in [0.25, 0.3) is 11.4 Å². The van der Waals surface area contributed by atoms with E-state index in [1.54, 1.807) is 13.3 Å². The third-order valence-electron chi connectivity index (χ3n) is 4.83. The maximum atomic E-state index is 5.23. The summed E-state index contributed by atoms with van der Waals surface area (Å²) in [6.07, 6.45) is 9.24. The van der Waals surface area contributed by atoms with E-state index in [9.17, 15) is 0 Å². The van der Waals surface area contributed by atoms with Crippen LogP contribution in [-0.4, -0.2) is 34.7 Å². The van der Waals surface area contributed by atoms with E-state index in [1.807, 2.05) is 18.3 Å². The van der Waals surface area contributed by atoms with Crippen molar-refractivity contribution in [3.63, 3.8) is 0 Å². The lowest BCUT2D eigenvalue weighted by Gasteiger charge is -2.36. The van der Waals surface area contributed by atoms with Gasteiger partial charge >= 0.3 is 0 Å². The van der Waals surface area contributed by atoms with Gasteiger partial charge in [0.1, 0.15) is 5.82 Å². The molecule has 0 spiro atoms. The van der Waals surface area contributed by atoms with Gasteiger partial charge in [-0.1, -0.05) is 0 Å². The molecular weight excluding hydrogens is 288 g/mol. The molecule has 2 aliphatic rings. The van der Waals surface area contributed by atoms with Crippen LogP contribution in [0.1, 0.15) is 30.5 Å². The van der Waals surface area contributed by atoms with Gasteiger partial charge in [-0.3, -0.25) is 4.98 Å². The molecule has 2 aliphatic carbocycles. The number of rotatable bonds is 5. The Bertz CT molecular complexity index is 683. The quantitative estimate of drug-likeness (QED) is 0.920. The number of nitrogens with zero attached hydrogens (tertiary/aromatic N) is 3. The molecule has 2 aromatic rings. The van der Waals surface area contributed by atoms with Crippen molar-refractivity contribution in [2.45, 2.75) is 38.1 Å². The second-order valence-corrected chi connectivity index (χ2v) is 6.55. The highest BCUT2D eigenvalue weighted by Crippen LogP contribution is 2.34. The summed E-state index contributed by atoms with van der Waals surface area (Å²) in [5.74, 6) is 2.51. The molecule has 0 amide bonds. The fraction of sp³-hybridized carbons (Fsp3) is 0.500. The molecule has 1 fully saturated rings. The van der Waals surface area contributed by atoms with Gasteiger partial charge in [-0.25, -0.2) is 9.97 Å². The molecule has 0 aromatic carbocycles. The van der Waals surface area contributed by atoms with Gasteiger partial charge in [-0.15, -0.1) is 0 Å². The first-order valence-corrected chi connectivity index (χ1v) is 8.39. The van der Waals surface area contributed by atoms with Crippen LogP contribution >= 0.6 is 0 Å². The lowest BCUT2D eigenvalue weighted by Crippen LogP contribution is -2.38. The van der Waals surface area contributed by atoms with Gasteiger partial charge in [-0.2, -0.15) is 0 Å². The highest BCUT2D eigenvalue weighted by atomic mass is 16.5. The Morgan fingerprint density at radius 2 is 2.17 bits per heavy atom. The fourth-order valence-corrected chi connectivity index (χ4v) is 3.59. The Kier molecular flexibility index (Phi) is 3.95. The molecule has 5 nitrogen and oxygen atoms in total. The molecule has 0 unspecified atom stereocenters. The van der Waals surface area contributed by atoms with E-state index in [-0.39, 0.29) is 0 Å². The normalized spacial score (nSPS) is 22.5. The van der Waals surface area contributed by atoms with E-state index >= 15 is 0 Å². The number of fused-ring (bicyclic) bond motifs is 1. The molecule has 2 aromatic heterocycles. The van der Waals surface area contributed by atoms with Gasteiger partial charge in [0, 0.05) is 49.0 Å². The minimum Gasteiger partial charge on any atom is -0.384 e.